The van der Waals surface area contributed by atoms with Crippen molar-refractivity contribution in [1.82, 2.24) is 16.0 Å². The van der Waals surface area contributed by atoms with Gasteiger partial charge in [0.25, 0.3) is 5.91 Å². The summed E-state index contributed by atoms with van der Waals surface area (Å²) in [6.07, 6.45) is 1.18. The van der Waals surface area contributed by atoms with Crippen LogP contribution in [0.25, 0.3) is 0 Å². The van der Waals surface area contributed by atoms with Crippen molar-refractivity contribution < 1.29 is 9.59 Å². The third-order valence-electron chi connectivity index (χ3n) is 4.51. The van der Waals surface area contributed by atoms with E-state index in [1.807, 2.05) is 54.8 Å². The van der Waals surface area contributed by atoms with Crippen molar-refractivity contribution in [1.29, 1.82) is 0 Å². The van der Waals surface area contributed by atoms with E-state index in [0.717, 1.165) is 23.5 Å². The first-order chi connectivity index (χ1) is 14.2. The van der Waals surface area contributed by atoms with Gasteiger partial charge >= 0.3 is 0 Å². The maximum Gasteiger partial charge on any atom is 0.261 e. The lowest BCUT2D eigenvalue weighted by Crippen LogP contribution is -2.44. The molecule has 1 fully saturated rings. The summed E-state index contributed by atoms with van der Waals surface area (Å²) in [6.45, 7) is 4.52. The van der Waals surface area contributed by atoms with Crippen LogP contribution in [0.2, 0.25) is 0 Å². The van der Waals surface area contributed by atoms with Crippen molar-refractivity contribution in [3.63, 3.8) is 0 Å². The summed E-state index contributed by atoms with van der Waals surface area (Å²) in [5, 5.41) is 11.4. The summed E-state index contributed by atoms with van der Waals surface area (Å²) in [7, 11) is 0. The minimum Gasteiger partial charge on any atom is -0.357 e. The van der Waals surface area contributed by atoms with E-state index in [9.17, 15) is 9.59 Å². The van der Waals surface area contributed by atoms with Crippen LogP contribution in [0.5, 0.6) is 0 Å². The molecule has 1 aliphatic rings. The second-order valence-corrected chi connectivity index (χ2v) is 7.68. The Balaban J connectivity index is 0.00000320. The minimum absolute atomic E-state index is 0. The number of amides is 2. The number of hydrogen-bond donors (Lipinski definition) is 3. The van der Waals surface area contributed by atoms with Crippen molar-refractivity contribution in [2.75, 3.05) is 31.1 Å². The number of benzene rings is 1. The molecule has 7 nitrogen and oxygen atoms in total. The minimum atomic E-state index is -0.0421. The van der Waals surface area contributed by atoms with E-state index in [2.05, 4.69) is 20.9 Å². The first-order valence-electron chi connectivity index (χ1n) is 9.89. The number of carbonyl (C=O) groups is 2. The first-order valence-corrected chi connectivity index (χ1v) is 10.8. The van der Waals surface area contributed by atoms with Gasteiger partial charge < -0.3 is 20.9 Å². The standard InChI is InChI=1S/C21H27N5O2S.HI/c1-2-22-21(24-12-7-11-23-20(28)18-10-6-13-29-18)25-16-14-19(27)26(15-16)17-8-4-3-5-9-17;/h3-6,8-10,13,16H,2,7,11-12,14-15H2,1H3,(H,23,28)(H2,22,24,25);1H. The zero-order valence-corrected chi connectivity index (χ0v) is 20.1. The van der Waals surface area contributed by atoms with E-state index in [0.29, 0.717) is 32.0 Å². The van der Waals surface area contributed by atoms with Gasteiger partial charge in [0.15, 0.2) is 5.96 Å². The number of aliphatic imine (C=N–C) groups is 1. The first kappa shape index (κ1) is 24.1. The van der Waals surface area contributed by atoms with E-state index in [1.165, 1.54) is 11.3 Å². The summed E-state index contributed by atoms with van der Waals surface area (Å²) in [5.41, 5.74) is 0.922. The largest absolute Gasteiger partial charge is 0.357 e. The van der Waals surface area contributed by atoms with Gasteiger partial charge in [0, 0.05) is 38.3 Å². The molecule has 1 saturated heterocycles. The summed E-state index contributed by atoms with van der Waals surface area (Å²) in [6, 6.07) is 13.4. The van der Waals surface area contributed by atoms with Gasteiger partial charge in [-0.15, -0.1) is 35.3 Å². The van der Waals surface area contributed by atoms with Gasteiger partial charge in [-0.3, -0.25) is 14.6 Å². The molecule has 1 aliphatic heterocycles. The maximum absolute atomic E-state index is 12.4. The number of nitrogens with zero attached hydrogens (tertiary/aromatic N) is 2. The number of carbonyl (C=O) groups excluding carboxylic acids is 2. The fourth-order valence-corrected chi connectivity index (χ4v) is 3.78. The number of guanidine groups is 1. The number of anilines is 1. The SMILES string of the molecule is CCNC(=NCCCNC(=O)c1cccs1)NC1CC(=O)N(c2ccccc2)C1.I. The van der Waals surface area contributed by atoms with E-state index in [-0.39, 0.29) is 41.8 Å². The Kier molecular flexibility index (Phi) is 10.1. The zero-order chi connectivity index (χ0) is 20.5. The predicted octanol–water partition coefficient (Wildman–Crippen LogP) is 2.85. The number of rotatable bonds is 8. The molecular weight excluding hydrogens is 513 g/mol. The van der Waals surface area contributed by atoms with E-state index in [1.54, 1.807) is 4.90 Å². The van der Waals surface area contributed by atoms with Crippen molar-refractivity contribution in [2.24, 2.45) is 4.99 Å². The second-order valence-electron chi connectivity index (χ2n) is 6.73. The Hall–Kier alpha value is -2.14. The average Bonchev–Trinajstić information content (AvgIpc) is 3.38. The molecule has 30 heavy (non-hydrogen) atoms. The molecule has 162 valence electrons. The van der Waals surface area contributed by atoms with Gasteiger partial charge in [-0.2, -0.15) is 0 Å². The fraction of sp³-hybridized carbons (Fsp3) is 0.381. The lowest BCUT2D eigenvalue weighted by atomic mass is 10.2. The Morgan fingerprint density at radius 3 is 2.70 bits per heavy atom. The molecule has 1 aromatic heterocycles. The number of nitrogens with one attached hydrogen (secondary N) is 3. The highest BCUT2D eigenvalue weighted by Crippen LogP contribution is 2.20. The molecular formula is C21H28IN5O2S. The van der Waals surface area contributed by atoms with Crippen LogP contribution in [0.15, 0.2) is 52.8 Å². The van der Waals surface area contributed by atoms with E-state index < -0.39 is 0 Å². The third kappa shape index (κ3) is 6.98. The lowest BCUT2D eigenvalue weighted by Gasteiger charge is -2.19. The Morgan fingerprint density at radius 2 is 2.00 bits per heavy atom. The molecule has 0 spiro atoms. The monoisotopic (exact) mass is 541 g/mol. The van der Waals surface area contributed by atoms with Crippen LogP contribution in [0, 0.1) is 0 Å². The molecule has 0 radical (unpaired) electrons. The Bertz CT molecular complexity index is 829. The van der Waals surface area contributed by atoms with Gasteiger partial charge in [0.2, 0.25) is 5.91 Å². The van der Waals surface area contributed by atoms with Crippen molar-refractivity contribution in [3.05, 3.63) is 52.7 Å². The molecule has 1 unspecified atom stereocenters. The van der Waals surface area contributed by atoms with Crippen LogP contribution in [0.4, 0.5) is 5.69 Å². The van der Waals surface area contributed by atoms with Gasteiger partial charge in [0.05, 0.1) is 10.9 Å². The van der Waals surface area contributed by atoms with Crippen molar-refractivity contribution >= 4 is 58.8 Å². The average molecular weight is 541 g/mol. The van der Waals surface area contributed by atoms with Crippen LogP contribution in [-0.2, 0) is 4.79 Å². The van der Waals surface area contributed by atoms with Gasteiger partial charge in [-0.25, -0.2) is 0 Å². The van der Waals surface area contributed by atoms with Crippen molar-refractivity contribution in [2.45, 2.75) is 25.8 Å². The molecule has 2 amide bonds. The molecule has 2 aromatic rings. The van der Waals surface area contributed by atoms with E-state index in [4.69, 9.17) is 0 Å². The predicted molar refractivity (Wildman–Crippen MR) is 133 cm³/mol. The van der Waals surface area contributed by atoms with Crippen molar-refractivity contribution in [3.8, 4) is 0 Å². The molecule has 2 heterocycles. The van der Waals surface area contributed by atoms with Crippen LogP contribution < -0.4 is 20.9 Å². The van der Waals surface area contributed by atoms with Crippen LogP contribution in [0.1, 0.15) is 29.4 Å². The molecule has 9 heteroatoms. The summed E-state index contributed by atoms with van der Waals surface area (Å²) >= 11 is 1.43. The molecule has 1 aromatic carbocycles. The number of thiophene rings is 1. The van der Waals surface area contributed by atoms with Crippen LogP contribution in [0.3, 0.4) is 0 Å². The van der Waals surface area contributed by atoms with Crippen LogP contribution in [-0.4, -0.2) is 50.0 Å². The molecule has 0 saturated carbocycles. The molecule has 3 N–H and O–H groups in total. The summed E-state index contributed by atoms with van der Waals surface area (Å²) < 4.78 is 0. The number of hydrogen-bond acceptors (Lipinski definition) is 4. The maximum atomic E-state index is 12.4. The van der Waals surface area contributed by atoms with Gasteiger partial charge in [0.1, 0.15) is 0 Å². The highest BCUT2D eigenvalue weighted by molar-refractivity contribution is 14.0. The lowest BCUT2D eigenvalue weighted by molar-refractivity contribution is -0.117. The number of para-hydroxylation sites is 1. The highest BCUT2D eigenvalue weighted by atomic mass is 127. The molecule has 0 aliphatic carbocycles. The number of halogens is 1. The normalized spacial score (nSPS) is 16.2. The fourth-order valence-electron chi connectivity index (χ4n) is 3.14. The van der Waals surface area contributed by atoms with E-state index >= 15 is 0 Å². The molecule has 3 rings (SSSR count). The summed E-state index contributed by atoms with van der Waals surface area (Å²) in [4.78, 5) is 31.4. The quantitative estimate of drug-likeness (QED) is 0.208. The Morgan fingerprint density at radius 1 is 1.20 bits per heavy atom. The molecule has 1 atom stereocenters. The van der Waals surface area contributed by atoms with Crippen LogP contribution >= 0.6 is 35.3 Å². The van der Waals surface area contributed by atoms with Gasteiger partial charge in [-0.05, 0) is 36.9 Å². The Labute approximate surface area is 198 Å². The van der Waals surface area contributed by atoms with Gasteiger partial charge in [-0.1, -0.05) is 24.3 Å². The zero-order valence-electron chi connectivity index (χ0n) is 17.0. The molecule has 0 bridgehead atoms. The second kappa shape index (κ2) is 12.5. The third-order valence-corrected chi connectivity index (χ3v) is 5.38. The summed E-state index contributed by atoms with van der Waals surface area (Å²) in [5.74, 6) is 0.769. The highest BCUT2D eigenvalue weighted by Gasteiger charge is 2.30. The topological polar surface area (TPSA) is 85.8 Å². The smallest absolute Gasteiger partial charge is 0.261 e.